The fourth-order valence-corrected chi connectivity index (χ4v) is 1.89. The molecule has 0 aliphatic carbocycles. The number of nitrogens with two attached hydrogens (primary N) is 1. The number of hydrogen-bond acceptors (Lipinski definition) is 7. The van der Waals surface area contributed by atoms with E-state index in [0.29, 0.717) is 23.1 Å². The van der Waals surface area contributed by atoms with Crippen molar-refractivity contribution in [1.29, 1.82) is 0 Å². The standard InChI is InChI=1S/C10H7N5OS/c11-6-2-1-3-13-8(6)10-14-9(15-16-10)7-4-12-5-17-7/h1-5H,11H2. The quantitative estimate of drug-likeness (QED) is 0.740. The molecule has 0 radical (unpaired) electrons. The maximum Gasteiger partial charge on any atom is 0.279 e. The number of nitrogen functional groups attached to an aromatic ring is 1. The second-order valence-corrected chi connectivity index (χ2v) is 4.12. The molecule has 0 bridgehead atoms. The highest BCUT2D eigenvalue weighted by molar-refractivity contribution is 7.13. The average molecular weight is 245 g/mol. The summed E-state index contributed by atoms with van der Waals surface area (Å²) in [7, 11) is 0. The Morgan fingerprint density at radius 1 is 1.35 bits per heavy atom. The van der Waals surface area contributed by atoms with Crippen LogP contribution in [0.5, 0.6) is 0 Å². The van der Waals surface area contributed by atoms with Gasteiger partial charge in [0.05, 0.1) is 16.1 Å². The van der Waals surface area contributed by atoms with Crippen molar-refractivity contribution in [2.24, 2.45) is 0 Å². The minimum absolute atomic E-state index is 0.312. The van der Waals surface area contributed by atoms with Crippen molar-refractivity contribution in [2.45, 2.75) is 0 Å². The van der Waals surface area contributed by atoms with Gasteiger partial charge in [-0.3, -0.25) is 4.98 Å². The van der Waals surface area contributed by atoms with Crippen LogP contribution >= 0.6 is 11.3 Å². The van der Waals surface area contributed by atoms with E-state index in [-0.39, 0.29) is 0 Å². The Kier molecular flexibility index (Phi) is 2.30. The number of anilines is 1. The van der Waals surface area contributed by atoms with Gasteiger partial charge in [0.1, 0.15) is 0 Å². The van der Waals surface area contributed by atoms with Crippen molar-refractivity contribution in [2.75, 3.05) is 5.73 Å². The first-order chi connectivity index (χ1) is 8.34. The van der Waals surface area contributed by atoms with Gasteiger partial charge in [0.25, 0.3) is 5.89 Å². The fourth-order valence-electron chi connectivity index (χ4n) is 1.34. The van der Waals surface area contributed by atoms with Gasteiger partial charge in [-0.2, -0.15) is 4.98 Å². The van der Waals surface area contributed by atoms with Crippen LogP contribution in [-0.4, -0.2) is 20.1 Å². The lowest BCUT2D eigenvalue weighted by Crippen LogP contribution is -1.92. The van der Waals surface area contributed by atoms with Crippen LogP contribution in [0, 0.1) is 0 Å². The second-order valence-electron chi connectivity index (χ2n) is 3.23. The predicted octanol–water partition coefficient (Wildman–Crippen LogP) is 1.84. The molecular weight excluding hydrogens is 238 g/mol. The minimum Gasteiger partial charge on any atom is -0.397 e. The monoisotopic (exact) mass is 245 g/mol. The molecule has 0 amide bonds. The van der Waals surface area contributed by atoms with Crippen molar-refractivity contribution >= 4 is 17.0 Å². The lowest BCUT2D eigenvalue weighted by molar-refractivity contribution is 0.431. The number of nitrogens with zero attached hydrogens (tertiary/aromatic N) is 4. The van der Waals surface area contributed by atoms with Crippen molar-refractivity contribution < 1.29 is 4.52 Å². The molecule has 0 atom stereocenters. The zero-order valence-electron chi connectivity index (χ0n) is 8.57. The van der Waals surface area contributed by atoms with Crippen molar-refractivity contribution in [3.05, 3.63) is 30.0 Å². The van der Waals surface area contributed by atoms with E-state index < -0.39 is 0 Å². The van der Waals surface area contributed by atoms with Gasteiger partial charge in [-0.15, -0.1) is 11.3 Å². The first-order valence-corrected chi connectivity index (χ1v) is 5.66. The first kappa shape index (κ1) is 9.91. The topological polar surface area (TPSA) is 90.7 Å². The summed E-state index contributed by atoms with van der Waals surface area (Å²) in [6.45, 7) is 0. The largest absolute Gasteiger partial charge is 0.397 e. The molecule has 3 aromatic heterocycles. The average Bonchev–Trinajstić information content (AvgIpc) is 3.00. The van der Waals surface area contributed by atoms with E-state index in [1.807, 2.05) is 0 Å². The minimum atomic E-state index is 0.312. The van der Waals surface area contributed by atoms with E-state index in [9.17, 15) is 0 Å². The Bertz CT molecular complexity index is 634. The summed E-state index contributed by atoms with van der Waals surface area (Å²) in [5, 5.41) is 3.86. The fraction of sp³-hybridized carbons (Fsp3) is 0. The molecule has 0 aliphatic rings. The summed E-state index contributed by atoms with van der Waals surface area (Å²) in [5.74, 6) is 0.805. The van der Waals surface area contributed by atoms with Crippen LogP contribution in [0.25, 0.3) is 22.3 Å². The maximum atomic E-state index is 5.78. The Balaban J connectivity index is 2.04. The van der Waals surface area contributed by atoms with Crippen LogP contribution in [0.1, 0.15) is 0 Å². The molecule has 2 N–H and O–H groups in total. The van der Waals surface area contributed by atoms with E-state index in [2.05, 4.69) is 20.1 Å². The maximum absolute atomic E-state index is 5.78. The molecule has 0 aromatic carbocycles. The van der Waals surface area contributed by atoms with Crippen LogP contribution in [0.2, 0.25) is 0 Å². The molecule has 0 fully saturated rings. The van der Waals surface area contributed by atoms with Gasteiger partial charge < -0.3 is 10.3 Å². The number of thiazole rings is 1. The van der Waals surface area contributed by atoms with Crippen LogP contribution in [-0.2, 0) is 0 Å². The van der Waals surface area contributed by atoms with Crippen LogP contribution in [0.15, 0.2) is 34.6 Å². The van der Waals surface area contributed by atoms with Gasteiger partial charge >= 0.3 is 0 Å². The molecule has 3 rings (SSSR count). The first-order valence-electron chi connectivity index (χ1n) is 4.78. The lowest BCUT2D eigenvalue weighted by Gasteiger charge is -1.96. The van der Waals surface area contributed by atoms with E-state index in [4.69, 9.17) is 10.3 Å². The number of hydrogen-bond donors (Lipinski definition) is 1. The van der Waals surface area contributed by atoms with Crippen LogP contribution < -0.4 is 5.73 Å². The summed E-state index contributed by atoms with van der Waals surface area (Å²) in [6, 6.07) is 3.48. The van der Waals surface area contributed by atoms with Crippen LogP contribution in [0.4, 0.5) is 5.69 Å². The lowest BCUT2D eigenvalue weighted by atomic mass is 10.3. The van der Waals surface area contributed by atoms with Gasteiger partial charge in [0.15, 0.2) is 5.69 Å². The molecule has 0 aliphatic heterocycles. The molecule has 0 unspecified atom stereocenters. The zero-order valence-corrected chi connectivity index (χ0v) is 9.39. The third kappa shape index (κ3) is 1.76. The van der Waals surface area contributed by atoms with Gasteiger partial charge in [-0.05, 0) is 12.1 Å². The molecule has 7 heteroatoms. The number of aromatic nitrogens is 4. The Morgan fingerprint density at radius 2 is 2.29 bits per heavy atom. The van der Waals surface area contributed by atoms with Gasteiger partial charge in [-0.25, -0.2) is 4.98 Å². The summed E-state index contributed by atoms with van der Waals surface area (Å²) in [5.41, 5.74) is 8.49. The van der Waals surface area contributed by atoms with Crippen molar-refractivity contribution in [3.63, 3.8) is 0 Å². The number of pyridine rings is 1. The van der Waals surface area contributed by atoms with Crippen LogP contribution in [0.3, 0.4) is 0 Å². The van der Waals surface area contributed by atoms with Gasteiger partial charge in [-0.1, -0.05) is 5.16 Å². The molecule has 3 heterocycles. The molecule has 6 nitrogen and oxygen atoms in total. The summed E-state index contributed by atoms with van der Waals surface area (Å²) in [6.07, 6.45) is 3.31. The summed E-state index contributed by atoms with van der Waals surface area (Å²) < 4.78 is 5.13. The van der Waals surface area contributed by atoms with E-state index in [1.165, 1.54) is 11.3 Å². The molecule has 0 spiro atoms. The van der Waals surface area contributed by atoms with E-state index in [1.54, 1.807) is 30.0 Å². The molecule has 0 saturated carbocycles. The molecule has 84 valence electrons. The molecule has 0 saturated heterocycles. The molecular formula is C10H7N5OS. The Labute approximate surface area is 100 Å². The van der Waals surface area contributed by atoms with E-state index >= 15 is 0 Å². The number of rotatable bonds is 2. The SMILES string of the molecule is Nc1cccnc1-c1nc(-c2cncs2)no1. The summed E-state index contributed by atoms with van der Waals surface area (Å²) in [4.78, 5) is 13.1. The smallest absolute Gasteiger partial charge is 0.279 e. The van der Waals surface area contributed by atoms with Gasteiger partial charge in [0.2, 0.25) is 5.82 Å². The molecule has 17 heavy (non-hydrogen) atoms. The predicted molar refractivity (Wildman–Crippen MR) is 63.0 cm³/mol. The second kappa shape index (κ2) is 3.95. The highest BCUT2D eigenvalue weighted by Crippen LogP contribution is 2.25. The van der Waals surface area contributed by atoms with Gasteiger partial charge in [0, 0.05) is 12.4 Å². The normalized spacial score (nSPS) is 10.6. The Morgan fingerprint density at radius 3 is 3.06 bits per heavy atom. The zero-order chi connectivity index (χ0) is 11.7. The third-order valence-electron chi connectivity index (χ3n) is 2.12. The van der Waals surface area contributed by atoms with Crippen molar-refractivity contribution in [1.82, 2.24) is 20.1 Å². The van der Waals surface area contributed by atoms with E-state index in [0.717, 1.165) is 4.88 Å². The highest BCUT2D eigenvalue weighted by atomic mass is 32.1. The van der Waals surface area contributed by atoms with Crippen molar-refractivity contribution in [3.8, 4) is 22.3 Å². The summed E-state index contributed by atoms with van der Waals surface area (Å²) >= 11 is 1.44. The molecule has 3 aromatic rings. The third-order valence-corrected chi connectivity index (χ3v) is 2.89. The Hall–Kier alpha value is -2.28. The highest BCUT2D eigenvalue weighted by Gasteiger charge is 2.14.